The maximum Gasteiger partial charge on any atom is 0.287 e. The molecule has 142 valence electrons. The van der Waals surface area contributed by atoms with Gasteiger partial charge in [0.1, 0.15) is 11.1 Å². The number of nitrogens with zero attached hydrogens (tertiary/aromatic N) is 4. The Balaban J connectivity index is 1.59. The van der Waals surface area contributed by atoms with Crippen LogP contribution in [0.15, 0.2) is 37.7 Å². The summed E-state index contributed by atoms with van der Waals surface area (Å²) in [4.78, 5) is 2.05. The van der Waals surface area contributed by atoms with Crippen molar-refractivity contribution in [2.45, 2.75) is 82.7 Å². The van der Waals surface area contributed by atoms with Crippen LogP contribution in [0.25, 0.3) is 0 Å². The molecule has 26 heavy (non-hydrogen) atoms. The van der Waals surface area contributed by atoms with Crippen molar-refractivity contribution < 1.29 is 8.42 Å². The lowest BCUT2D eigenvalue weighted by molar-refractivity contribution is 0.575. The van der Waals surface area contributed by atoms with E-state index in [2.05, 4.69) is 21.5 Å². The van der Waals surface area contributed by atoms with Crippen molar-refractivity contribution in [1.82, 2.24) is 0 Å². The van der Waals surface area contributed by atoms with Crippen LogP contribution in [0.4, 0.5) is 5.69 Å². The predicted molar refractivity (Wildman–Crippen MR) is 104 cm³/mol. The molecule has 7 heteroatoms. The SMILES string of the molecule is CCCCCCCCCCc1ccc2c(c1)N1C(=NS2(=O)=O)N=NC1C. The van der Waals surface area contributed by atoms with Gasteiger partial charge in [-0.1, -0.05) is 57.9 Å². The molecule has 6 nitrogen and oxygen atoms in total. The minimum Gasteiger partial charge on any atom is -0.283 e. The minimum atomic E-state index is -3.68. The number of azo groups is 1. The Bertz CT molecular complexity index is 802. The van der Waals surface area contributed by atoms with Crippen molar-refractivity contribution in [3.8, 4) is 0 Å². The number of hydrogen-bond acceptors (Lipinski definition) is 5. The first-order valence-electron chi connectivity index (χ1n) is 9.71. The van der Waals surface area contributed by atoms with Gasteiger partial charge < -0.3 is 0 Å². The van der Waals surface area contributed by atoms with Crippen molar-refractivity contribution in [2.24, 2.45) is 14.6 Å². The molecule has 0 amide bonds. The van der Waals surface area contributed by atoms with Crippen molar-refractivity contribution in [3.63, 3.8) is 0 Å². The Hall–Kier alpha value is -1.76. The molecule has 1 atom stereocenters. The highest BCUT2D eigenvalue weighted by molar-refractivity contribution is 7.90. The fourth-order valence-corrected chi connectivity index (χ4v) is 4.62. The summed E-state index contributed by atoms with van der Waals surface area (Å²) in [6, 6.07) is 5.55. The topological polar surface area (TPSA) is 74.5 Å². The molecule has 3 rings (SSSR count). The number of anilines is 1. The van der Waals surface area contributed by atoms with Crippen LogP contribution in [-0.4, -0.2) is 20.5 Å². The predicted octanol–water partition coefficient (Wildman–Crippen LogP) is 5.05. The summed E-state index contributed by atoms with van der Waals surface area (Å²) < 4.78 is 28.4. The third kappa shape index (κ3) is 4.14. The second kappa shape index (κ2) is 8.29. The smallest absolute Gasteiger partial charge is 0.283 e. The van der Waals surface area contributed by atoms with E-state index in [0.29, 0.717) is 5.69 Å². The van der Waals surface area contributed by atoms with Gasteiger partial charge in [-0.15, -0.1) is 9.51 Å². The van der Waals surface area contributed by atoms with Crippen LogP contribution in [0.5, 0.6) is 0 Å². The lowest BCUT2D eigenvalue weighted by Crippen LogP contribution is -2.36. The second-order valence-corrected chi connectivity index (χ2v) is 8.68. The quantitative estimate of drug-likeness (QED) is 0.566. The second-order valence-electron chi connectivity index (χ2n) is 7.11. The van der Waals surface area contributed by atoms with E-state index >= 15 is 0 Å². The summed E-state index contributed by atoms with van der Waals surface area (Å²) in [5, 5.41) is 7.95. The van der Waals surface area contributed by atoms with Crippen LogP contribution >= 0.6 is 0 Å². The molecule has 0 fully saturated rings. The summed E-state index contributed by atoms with van der Waals surface area (Å²) in [7, 11) is -3.68. The van der Waals surface area contributed by atoms with E-state index in [1.165, 1.54) is 44.9 Å². The molecule has 2 aliphatic heterocycles. The van der Waals surface area contributed by atoms with E-state index in [4.69, 9.17) is 0 Å². The van der Waals surface area contributed by atoms with Gasteiger partial charge in [0.25, 0.3) is 16.0 Å². The van der Waals surface area contributed by atoms with Crippen molar-refractivity contribution >= 4 is 21.7 Å². The number of benzene rings is 1. The Morgan fingerprint density at radius 2 is 1.73 bits per heavy atom. The van der Waals surface area contributed by atoms with Crippen LogP contribution in [0.2, 0.25) is 0 Å². The van der Waals surface area contributed by atoms with Gasteiger partial charge in [0.05, 0.1) is 5.69 Å². The lowest BCUT2D eigenvalue weighted by atomic mass is 10.0. The number of guanidine groups is 1. The van der Waals surface area contributed by atoms with E-state index in [1.54, 1.807) is 11.0 Å². The van der Waals surface area contributed by atoms with Crippen molar-refractivity contribution in [1.29, 1.82) is 0 Å². The Morgan fingerprint density at radius 1 is 1.04 bits per heavy atom. The van der Waals surface area contributed by atoms with Gasteiger partial charge in [-0.25, -0.2) is 0 Å². The molecule has 0 bridgehead atoms. The highest BCUT2D eigenvalue weighted by Gasteiger charge is 2.36. The van der Waals surface area contributed by atoms with Crippen molar-refractivity contribution in [2.75, 3.05) is 4.90 Å². The Labute approximate surface area is 156 Å². The lowest BCUT2D eigenvalue weighted by Gasteiger charge is -2.26. The monoisotopic (exact) mass is 376 g/mol. The van der Waals surface area contributed by atoms with Gasteiger partial charge in [0.2, 0.25) is 0 Å². The molecule has 0 radical (unpaired) electrons. The fourth-order valence-electron chi connectivity index (χ4n) is 3.52. The molecular weight excluding hydrogens is 348 g/mol. The van der Waals surface area contributed by atoms with Gasteiger partial charge in [0.15, 0.2) is 0 Å². The number of unbranched alkanes of at least 4 members (excludes halogenated alkanes) is 7. The van der Waals surface area contributed by atoms with Crippen LogP contribution in [-0.2, 0) is 16.4 Å². The van der Waals surface area contributed by atoms with Crippen LogP contribution in [0.3, 0.4) is 0 Å². The molecule has 0 saturated carbocycles. The molecule has 0 saturated heterocycles. The third-order valence-corrected chi connectivity index (χ3v) is 6.29. The summed E-state index contributed by atoms with van der Waals surface area (Å²) in [5.74, 6) is 0.175. The molecule has 2 aliphatic rings. The molecule has 0 N–H and O–H groups in total. The zero-order chi connectivity index (χ0) is 18.6. The number of rotatable bonds is 9. The summed E-state index contributed by atoms with van der Waals surface area (Å²) in [5.41, 5.74) is 1.81. The Kier molecular flexibility index (Phi) is 6.06. The average Bonchev–Trinajstić information content (AvgIpc) is 2.97. The van der Waals surface area contributed by atoms with Gasteiger partial charge in [-0.2, -0.15) is 13.5 Å². The summed E-state index contributed by atoms with van der Waals surface area (Å²) in [6.07, 6.45) is 11.0. The van der Waals surface area contributed by atoms with Gasteiger partial charge in [0, 0.05) is 0 Å². The minimum absolute atomic E-state index is 0.175. The first-order valence-corrected chi connectivity index (χ1v) is 11.1. The first-order chi connectivity index (χ1) is 12.5. The largest absolute Gasteiger partial charge is 0.287 e. The number of hydrogen-bond donors (Lipinski definition) is 0. The average molecular weight is 377 g/mol. The molecular formula is C19H28N4O2S. The van der Waals surface area contributed by atoms with E-state index in [1.807, 2.05) is 19.1 Å². The molecule has 0 aromatic heterocycles. The normalized spacial score (nSPS) is 20.0. The molecule has 0 spiro atoms. The molecule has 1 aromatic carbocycles. The third-order valence-electron chi connectivity index (χ3n) is 4.99. The molecule has 0 aliphatic carbocycles. The summed E-state index contributed by atoms with van der Waals surface area (Å²) >= 11 is 0. The molecule has 2 heterocycles. The highest BCUT2D eigenvalue weighted by Crippen LogP contribution is 2.36. The van der Waals surface area contributed by atoms with E-state index < -0.39 is 10.0 Å². The maximum atomic E-state index is 12.3. The van der Waals surface area contributed by atoms with Crippen molar-refractivity contribution in [3.05, 3.63) is 23.8 Å². The maximum absolute atomic E-state index is 12.3. The molecule has 1 aromatic rings. The zero-order valence-corrected chi connectivity index (χ0v) is 16.5. The summed E-state index contributed by atoms with van der Waals surface area (Å²) in [6.45, 7) is 4.13. The first kappa shape index (κ1) is 19.0. The van der Waals surface area contributed by atoms with E-state index in [9.17, 15) is 8.42 Å². The van der Waals surface area contributed by atoms with E-state index in [-0.39, 0.29) is 17.0 Å². The Morgan fingerprint density at radius 3 is 2.46 bits per heavy atom. The number of aryl methyl sites for hydroxylation is 1. The molecule has 1 unspecified atom stereocenters. The zero-order valence-electron chi connectivity index (χ0n) is 15.7. The van der Waals surface area contributed by atoms with Gasteiger partial charge in [-0.3, -0.25) is 4.90 Å². The van der Waals surface area contributed by atoms with Gasteiger partial charge in [-0.05, 0) is 37.5 Å². The van der Waals surface area contributed by atoms with Crippen LogP contribution < -0.4 is 4.90 Å². The van der Waals surface area contributed by atoms with Crippen LogP contribution in [0, 0.1) is 0 Å². The van der Waals surface area contributed by atoms with Crippen LogP contribution in [0.1, 0.15) is 70.8 Å². The van der Waals surface area contributed by atoms with E-state index in [0.717, 1.165) is 18.4 Å². The number of fused-ring (bicyclic) bond motifs is 3. The standard InChI is InChI=1S/C19H28N4O2S/c1-3-4-5-6-7-8-9-10-11-16-12-13-18-17(14-16)23-15(2)20-21-19(23)22-26(18,24)25/h12-15H,3-11H2,1-2H3. The highest BCUT2D eigenvalue weighted by atomic mass is 32.2. The van der Waals surface area contributed by atoms with Gasteiger partial charge >= 0.3 is 0 Å². The fraction of sp³-hybridized carbons (Fsp3) is 0.632. The number of sulfonamides is 1.